The fourth-order valence-corrected chi connectivity index (χ4v) is 3.72. The summed E-state index contributed by atoms with van der Waals surface area (Å²) < 4.78 is 9.61. The first-order chi connectivity index (χ1) is 14.4. The molecule has 1 aromatic heterocycles. The van der Waals surface area contributed by atoms with E-state index in [9.17, 15) is 9.59 Å². The highest BCUT2D eigenvalue weighted by Gasteiger charge is 2.41. The molecule has 0 amide bonds. The average molecular weight is 408 g/mol. The van der Waals surface area contributed by atoms with Crippen LogP contribution in [-0.2, 0) is 14.9 Å². The molecule has 0 saturated heterocycles. The van der Waals surface area contributed by atoms with Crippen molar-refractivity contribution >= 4 is 11.9 Å². The highest BCUT2D eigenvalue weighted by Crippen LogP contribution is 2.42. The minimum Gasteiger partial charge on any atom is -0.465 e. The lowest BCUT2D eigenvalue weighted by Crippen LogP contribution is -2.33. The summed E-state index contributed by atoms with van der Waals surface area (Å²) in [6.45, 7) is 4.22. The first-order valence-corrected chi connectivity index (χ1v) is 9.54. The van der Waals surface area contributed by atoms with E-state index in [0.29, 0.717) is 23.4 Å². The number of nitrogens with zero attached hydrogens (tertiary/aromatic N) is 3. The minimum absolute atomic E-state index is 0.282. The van der Waals surface area contributed by atoms with Gasteiger partial charge < -0.3 is 9.47 Å². The zero-order valence-electron chi connectivity index (χ0n) is 17.4. The second-order valence-corrected chi connectivity index (χ2v) is 7.38. The smallest absolute Gasteiger partial charge is 0.337 e. The van der Waals surface area contributed by atoms with Crippen LogP contribution in [-0.4, -0.2) is 46.8 Å². The summed E-state index contributed by atoms with van der Waals surface area (Å²) >= 11 is 0. The number of aromatic nitrogens is 4. The molecule has 0 unspecified atom stereocenters. The van der Waals surface area contributed by atoms with Crippen molar-refractivity contribution in [3.63, 3.8) is 0 Å². The number of benzene rings is 2. The van der Waals surface area contributed by atoms with E-state index < -0.39 is 17.4 Å². The number of rotatable bonds is 7. The van der Waals surface area contributed by atoms with Gasteiger partial charge in [0.25, 0.3) is 0 Å². The van der Waals surface area contributed by atoms with E-state index >= 15 is 0 Å². The van der Waals surface area contributed by atoms with Gasteiger partial charge in [0.05, 0.1) is 30.8 Å². The predicted molar refractivity (Wildman–Crippen MR) is 109 cm³/mol. The topological polar surface area (TPSA) is 107 Å². The van der Waals surface area contributed by atoms with E-state index in [4.69, 9.17) is 9.47 Å². The summed E-state index contributed by atoms with van der Waals surface area (Å²) in [5.74, 6) is -0.0205. The van der Waals surface area contributed by atoms with Crippen molar-refractivity contribution in [2.45, 2.75) is 25.7 Å². The molecule has 30 heavy (non-hydrogen) atoms. The fraction of sp³-hybridized carbons (Fsp3) is 0.318. The highest BCUT2D eigenvalue weighted by molar-refractivity contribution is 5.90. The molecule has 0 saturated carbocycles. The number of hydrogen-bond donors (Lipinski definition) is 1. The van der Waals surface area contributed by atoms with Crippen molar-refractivity contribution in [2.75, 3.05) is 14.2 Å². The second-order valence-electron chi connectivity index (χ2n) is 7.38. The Labute approximate surface area is 174 Å². The van der Waals surface area contributed by atoms with E-state index in [1.807, 2.05) is 24.3 Å². The van der Waals surface area contributed by atoms with Gasteiger partial charge >= 0.3 is 11.9 Å². The average Bonchev–Trinajstić information content (AvgIpc) is 3.32. The molecule has 3 rings (SSSR count). The molecular weight excluding hydrogens is 384 g/mol. The lowest BCUT2D eigenvalue weighted by Gasteiger charge is -2.34. The molecule has 0 aliphatic rings. The van der Waals surface area contributed by atoms with Crippen LogP contribution in [0.1, 0.15) is 57.9 Å². The number of methoxy groups -OCH3 is 2. The lowest BCUT2D eigenvalue weighted by atomic mass is 9.68. The van der Waals surface area contributed by atoms with Crippen molar-refractivity contribution in [3.8, 4) is 0 Å². The van der Waals surface area contributed by atoms with Crippen LogP contribution >= 0.6 is 0 Å². The van der Waals surface area contributed by atoms with Crippen molar-refractivity contribution in [3.05, 3.63) is 76.6 Å². The van der Waals surface area contributed by atoms with E-state index in [1.54, 1.807) is 24.3 Å². The van der Waals surface area contributed by atoms with Gasteiger partial charge in [0.2, 0.25) is 0 Å². The van der Waals surface area contributed by atoms with Crippen LogP contribution in [0, 0.1) is 5.92 Å². The highest BCUT2D eigenvalue weighted by atomic mass is 16.5. The van der Waals surface area contributed by atoms with Gasteiger partial charge in [-0.3, -0.25) is 0 Å². The lowest BCUT2D eigenvalue weighted by molar-refractivity contribution is 0.0592. The number of tetrazole rings is 1. The third-order valence-electron chi connectivity index (χ3n) is 5.04. The molecule has 1 heterocycles. The molecule has 0 aliphatic carbocycles. The van der Waals surface area contributed by atoms with E-state index in [0.717, 1.165) is 11.1 Å². The molecular formula is C22H24N4O4. The van der Waals surface area contributed by atoms with Crippen molar-refractivity contribution in [1.82, 2.24) is 20.6 Å². The number of carbonyl (C=O) groups excluding carboxylic acids is 2. The Morgan fingerprint density at radius 1 is 0.900 bits per heavy atom. The molecule has 2 aromatic carbocycles. The summed E-state index contributed by atoms with van der Waals surface area (Å²) in [7, 11) is 2.70. The van der Waals surface area contributed by atoms with Crippen LogP contribution in [0.5, 0.6) is 0 Å². The number of hydrogen-bond acceptors (Lipinski definition) is 7. The number of H-pyrrole nitrogens is 1. The SMILES string of the molecule is COC(=O)c1ccc(C(CC(C)C)(c2ccc(C(=O)OC)cc2)c2nn[nH]n2)cc1. The summed E-state index contributed by atoms with van der Waals surface area (Å²) in [6.07, 6.45) is 0.682. The quantitative estimate of drug-likeness (QED) is 0.598. The van der Waals surface area contributed by atoms with Crippen LogP contribution < -0.4 is 0 Å². The Hall–Kier alpha value is -3.55. The van der Waals surface area contributed by atoms with Gasteiger partial charge in [-0.05, 0) is 47.7 Å². The molecule has 0 bridgehead atoms. The first-order valence-electron chi connectivity index (χ1n) is 9.54. The van der Waals surface area contributed by atoms with Crippen molar-refractivity contribution in [1.29, 1.82) is 0 Å². The van der Waals surface area contributed by atoms with Gasteiger partial charge in [-0.1, -0.05) is 43.3 Å². The van der Waals surface area contributed by atoms with Gasteiger partial charge in [0.1, 0.15) is 0 Å². The normalized spacial score (nSPS) is 11.4. The minimum atomic E-state index is -0.732. The molecule has 3 aromatic rings. The van der Waals surface area contributed by atoms with Gasteiger partial charge in [-0.2, -0.15) is 5.21 Å². The second kappa shape index (κ2) is 8.86. The first kappa shape index (κ1) is 21.2. The zero-order chi connectivity index (χ0) is 21.7. The molecule has 8 nitrogen and oxygen atoms in total. The Bertz CT molecular complexity index is 937. The zero-order valence-corrected chi connectivity index (χ0v) is 17.4. The standard InChI is InChI=1S/C22H24N4O4/c1-14(2)13-22(21-23-25-26-24-21,17-9-5-15(6-10-17)19(27)29-3)18-11-7-16(8-12-18)20(28)30-4/h5-12,14H,13H2,1-4H3,(H,23,24,25,26). The molecule has 0 aliphatic heterocycles. The maximum atomic E-state index is 11.9. The Kier molecular flexibility index (Phi) is 6.25. The molecule has 0 atom stereocenters. The summed E-state index contributed by atoms with van der Waals surface area (Å²) in [6, 6.07) is 14.4. The number of carbonyl (C=O) groups is 2. The monoisotopic (exact) mass is 408 g/mol. The third-order valence-corrected chi connectivity index (χ3v) is 5.04. The predicted octanol–water partition coefficient (Wildman–Crippen LogP) is 3.15. The van der Waals surface area contributed by atoms with Crippen molar-refractivity contribution < 1.29 is 19.1 Å². The number of nitrogens with one attached hydrogen (secondary N) is 1. The number of esters is 2. The largest absolute Gasteiger partial charge is 0.465 e. The maximum Gasteiger partial charge on any atom is 0.337 e. The van der Waals surface area contributed by atoms with E-state index in [-0.39, 0.29) is 5.92 Å². The molecule has 0 fully saturated rings. The molecule has 1 N–H and O–H groups in total. The van der Waals surface area contributed by atoms with Crippen LogP contribution in [0.4, 0.5) is 0 Å². The van der Waals surface area contributed by atoms with Crippen LogP contribution in [0.15, 0.2) is 48.5 Å². The number of aromatic amines is 1. The Morgan fingerprint density at radius 2 is 1.37 bits per heavy atom. The molecule has 0 radical (unpaired) electrons. The van der Waals surface area contributed by atoms with Crippen molar-refractivity contribution in [2.24, 2.45) is 5.92 Å². The summed E-state index contributed by atoms with van der Waals surface area (Å²) in [5.41, 5.74) is 1.97. The van der Waals surface area contributed by atoms with Crippen LogP contribution in [0.3, 0.4) is 0 Å². The molecule has 8 heteroatoms. The third kappa shape index (κ3) is 3.94. The van der Waals surface area contributed by atoms with Crippen LogP contribution in [0.2, 0.25) is 0 Å². The van der Waals surface area contributed by atoms with Gasteiger partial charge in [-0.15, -0.1) is 10.2 Å². The van der Waals surface area contributed by atoms with Gasteiger partial charge in [0.15, 0.2) is 5.82 Å². The summed E-state index contributed by atoms with van der Waals surface area (Å²) in [5, 5.41) is 14.9. The molecule has 0 spiro atoms. The molecule has 156 valence electrons. The van der Waals surface area contributed by atoms with Crippen LogP contribution in [0.25, 0.3) is 0 Å². The summed E-state index contributed by atoms with van der Waals surface area (Å²) in [4.78, 5) is 23.7. The Balaban J connectivity index is 2.20. The van der Waals surface area contributed by atoms with Gasteiger partial charge in [0, 0.05) is 0 Å². The Morgan fingerprint density at radius 3 is 1.70 bits per heavy atom. The van der Waals surface area contributed by atoms with E-state index in [2.05, 4.69) is 34.5 Å². The van der Waals surface area contributed by atoms with Gasteiger partial charge in [-0.25, -0.2) is 9.59 Å². The fourth-order valence-electron chi connectivity index (χ4n) is 3.72. The van der Waals surface area contributed by atoms with E-state index in [1.165, 1.54) is 14.2 Å². The maximum absolute atomic E-state index is 11.9. The number of ether oxygens (including phenoxy) is 2.